The van der Waals surface area contributed by atoms with Gasteiger partial charge in [-0.15, -0.1) is 0 Å². The van der Waals surface area contributed by atoms with Crippen LogP contribution in [0.2, 0.25) is 0 Å². The SMILES string of the molecule is CC1(C)CC(C(C)(O)c2ccc(-c3ccc(-c4cn[nH]c4)cc3O)nn2)CC(C)(C)N1. The van der Waals surface area contributed by atoms with E-state index in [2.05, 4.69) is 53.4 Å². The molecule has 164 valence electrons. The van der Waals surface area contributed by atoms with E-state index in [1.54, 1.807) is 24.5 Å². The molecule has 1 unspecified atom stereocenters. The third-order valence-corrected chi connectivity index (χ3v) is 6.27. The molecule has 3 heterocycles. The van der Waals surface area contributed by atoms with Crippen LogP contribution >= 0.6 is 0 Å². The first-order valence-electron chi connectivity index (χ1n) is 10.7. The first-order valence-corrected chi connectivity index (χ1v) is 10.7. The van der Waals surface area contributed by atoms with E-state index in [1.165, 1.54) is 0 Å². The molecular weight excluding hydrogens is 390 g/mol. The summed E-state index contributed by atoms with van der Waals surface area (Å²) < 4.78 is 0. The summed E-state index contributed by atoms with van der Waals surface area (Å²) in [4.78, 5) is 0. The lowest BCUT2D eigenvalue weighted by Gasteiger charge is -2.50. The number of aromatic amines is 1. The van der Waals surface area contributed by atoms with Crippen LogP contribution in [0.25, 0.3) is 22.4 Å². The predicted octanol–water partition coefficient (Wildman–Crippen LogP) is 4.00. The van der Waals surface area contributed by atoms with E-state index < -0.39 is 5.60 Å². The predicted molar refractivity (Wildman–Crippen MR) is 120 cm³/mol. The molecule has 31 heavy (non-hydrogen) atoms. The number of piperidine rings is 1. The monoisotopic (exact) mass is 421 g/mol. The molecule has 0 saturated carbocycles. The molecule has 0 radical (unpaired) electrons. The van der Waals surface area contributed by atoms with Gasteiger partial charge in [-0.3, -0.25) is 5.10 Å². The number of aromatic hydroxyl groups is 1. The summed E-state index contributed by atoms with van der Waals surface area (Å²) in [7, 11) is 0. The summed E-state index contributed by atoms with van der Waals surface area (Å²) in [6.07, 6.45) is 5.15. The van der Waals surface area contributed by atoms with Gasteiger partial charge >= 0.3 is 0 Å². The van der Waals surface area contributed by atoms with Gasteiger partial charge in [-0.25, -0.2) is 0 Å². The Hall–Kier alpha value is -2.77. The molecule has 0 bridgehead atoms. The fourth-order valence-electron chi connectivity index (χ4n) is 5.01. The molecule has 1 aromatic carbocycles. The van der Waals surface area contributed by atoms with Gasteiger partial charge in [-0.05, 0) is 83.2 Å². The number of aliphatic hydroxyl groups is 1. The topological polar surface area (TPSA) is 107 Å². The number of phenols is 1. The Bertz CT molecular complexity index is 1040. The number of nitrogens with one attached hydrogen (secondary N) is 2. The molecule has 7 nitrogen and oxygen atoms in total. The number of hydrogen-bond acceptors (Lipinski definition) is 6. The minimum absolute atomic E-state index is 0.0431. The number of aromatic nitrogens is 4. The first-order chi connectivity index (χ1) is 14.5. The highest BCUT2D eigenvalue weighted by molar-refractivity contribution is 5.73. The summed E-state index contributed by atoms with van der Waals surface area (Å²) in [6.45, 7) is 10.5. The van der Waals surface area contributed by atoms with Crippen molar-refractivity contribution >= 4 is 0 Å². The van der Waals surface area contributed by atoms with Gasteiger partial charge < -0.3 is 15.5 Å². The van der Waals surface area contributed by atoms with Crippen LogP contribution in [0, 0.1) is 5.92 Å². The molecule has 0 spiro atoms. The molecule has 1 fully saturated rings. The largest absolute Gasteiger partial charge is 0.507 e. The van der Waals surface area contributed by atoms with E-state index in [1.807, 2.05) is 25.1 Å². The quantitative estimate of drug-likeness (QED) is 0.507. The Kier molecular flexibility index (Phi) is 5.14. The molecule has 1 atom stereocenters. The second-order valence-electron chi connectivity index (χ2n) is 10.2. The van der Waals surface area contributed by atoms with Crippen LogP contribution < -0.4 is 5.32 Å². The van der Waals surface area contributed by atoms with Crippen molar-refractivity contribution in [3.05, 3.63) is 48.4 Å². The Balaban J connectivity index is 1.59. The van der Waals surface area contributed by atoms with E-state index in [0.29, 0.717) is 17.0 Å². The molecular formula is C24H31N5O2. The van der Waals surface area contributed by atoms with Gasteiger partial charge in [0.25, 0.3) is 0 Å². The second kappa shape index (κ2) is 7.43. The van der Waals surface area contributed by atoms with Gasteiger partial charge in [-0.1, -0.05) is 6.07 Å². The number of benzene rings is 1. The summed E-state index contributed by atoms with van der Waals surface area (Å²) in [5.41, 5.74) is 2.19. The van der Waals surface area contributed by atoms with Crippen molar-refractivity contribution in [3.63, 3.8) is 0 Å². The zero-order chi connectivity index (χ0) is 22.4. The van der Waals surface area contributed by atoms with E-state index in [0.717, 1.165) is 24.0 Å². The maximum Gasteiger partial charge on any atom is 0.125 e. The number of rotatable bonds is 4. The highest BCUT2D eigenvalue weighted by atomic mass is 16.3. The lowest BCUT2D eigenvalue weighted by molar-refractivity contribution is -0.0568. The second-order valence-corrected chi connectivity index (χ2v) is 10.2. The van der Waals surface area contributed by atoms with Crippen LogP contribution in [0.15, 0.2) is 42.7 Å². The zero-order valence-electron chi connectivity index (χ0n) is 18.8. The van der Waals surface area contributed by atoms with Gasteiger partial charge in [0.1, 0.15) is 11.4 Å². The van der Waals surface area contributed by atoms with Crippen molar-refractivity contribution in [1.82, 2.24) is 25.7 Å². The van der Waals surface area contributed by atoms with Gasteiger partial charge in [0.15, 0.2) is 0 Å². The van der Waals surface area contributed by atoms with Crippen molar-refractivity contribution in [2.75, 3.05) is 0 Å². The van der Waals surface area contributed by atoms with Crippen LogP contribution in [0.1, 0.15) is 53.2 Å². The average molecular weight is 422 g/mol. The van der Waals surface area contributed by atoms with E-state index >= 15 is 0 Å². The van der Waals surface area contributed by atoms with Gasteiger partial charge in [0, 0.05) is 28.4 Å². The maximum absolute atomic E-state index is 11.4. The molecule has 0 aliphatic carbocycles. The molecule has 4 rings (SSSR count). The average Bonchev–Trinajstić information content (AvgIpc) is 3.20. The molecule has 7 heteroatoms. The van der Waals surface area contributed by atoms with Crippen LogP contribution in [-0.4, -0.2) is 41.7 Å². The van der Waals surface area contributed by atoms with Gasteiger partial charge in [-0.2, -0.15) is 15.3 Å². The summed E-state index contributed by atoms with van der Waals surface area (Å²) in [5.74, 6) is 0.163. The maximum atomic E-state index is 11.4. The normalized spacial score (nSPS) is 20.3. The van der Waals surface area contributed by atoms with Crippen LogP contribution in [0.5, 0.6) is 5.75 Å². The molecule has 2 aromatic heterocycles. The van der Waals surface area contributed by atoms with Crippen molar-refractivity contribution in [1.29, 1.82) is 0 Å². The van der Waals surface area contributed by atoms with E-state index in [9.17, 15) is 10.2 Å². The number of nitrogens with zero attached hydrogens (tertiary/aromatic N) is 3. The standard InChI is InChI=1S/C24H31N5O2/c1-22(2)11-17(12-23(3,4)29-22)24(5,31)21-9-8-19(27-28-21)18-7-6-15(10-20(18)30)16-13-25-26-14-16/h6-10,13-14,17,29-31H,11-12H2,1-5H3,(H,25,26). The van der Waals surface area contributed by atoms with E-state index in [-0.39, 0.29) is 22.7 Å². The molecule has 3 aromatic rings. The molecule has 1 aliphatic rings. The highest BCUT2D eigenvalue weighted by Crippen LogP contribution is 2.43. The molecule has 4 N–H and O–H groups in total. The number of H-pyrrole nitrogens is 1. The molecule has 1 saturated heterocycles. The van der Waals surface area contributed by atoms with Gasteiger partial charge in [0.2, 0.25) is 0 Å². The smallest absolute Gasteiger partial charge is 0.125 e. The van der Waals surface area contributed by atoms with Gasteiger partial charge in [0.05, 0.1) is 17.6 Å². The lowest BCUT2D eigenvalue weighted by atomic mass is 9.68. The fraction of sp³-hybridized carbons (Fsp3) is 0.458. The molecule has 1 aliphatic heterocycles. The Morgan fingerprint density at radius 2 is 1.71 bits per heavy atom. The minimum atomic E-state index is -1.10. The minimum Gasteiger partial charge on any atom is -0.507 e. The fourth-order valence-corrected chi connectivity index (χ4v) is 5.01. The Morgan fingerprint density at radius 1 is 1.00 bits per heavy atom. The van der Waals surface area contributed by atoms with Crippen molar-refractivity contribution in [3.8, 4) is 28.1 Å². The van der Waals surface area contributed by atoms with Crippen molar-refractivity contribution in [2.24, 2.45) is 5.92 Å². The summed E-state index contributed by atoms with van der Waals surface area (Å²) in [6, 6.07) is 9.03. The molecule has 0 amide bonds. The summed E-state index contributed by atoms with van der Waals surface area (Å²) in [5, 5.41) is 41.0. The highest BCUT2D eigenvalue weighted by Gasteiger charge is 2.46. The van der Waals surface area contributed by atoms with Crippen molar-refractivity contribution < 1.29 is 10.2 Å². The van der Waals surface area contributed by atoms with Crippen LogP contribution in [0.4, 0.5) is 0 Å². The van der Waals surface area contributed by atoms with Crippen LogP contribution in [0.3, 0.4) is 0 Å². The Morgan fingerprint density at radius 3 is 2.26 bits per heavy atom. The third kappa shape index (κ3) is 4.34. The summed E-state index contributed by atoms with van der Waals surface area (Å²) >= 11 is 0. The third-order valence-electron chi connectivity index (χ3n) is 6.27. The lowest BCUT2D eigenvalue weighted by Crippen LogP contribution is -2.60. The van der Waals surface area contributed by atoms with Crippen molar-refractivity contribution in [2.45, 2.75) is 64.1 Å². The zero-order valence-corrected chi connectivity index (χ0v) is 18.8. The van der Waals surface area contributed by atoms with Crippen LogP contribution in [-0.2, 0) is 5.60 Å². The number of hydrogen-bond donors (Lipinski definition) is 4. The first kappa shape index (κ1) is 21.5. The van der Waals surface area contributed by atoms with E-state index in [4.69, 9.17) is 0 Å². The number of phenolic OH excluding ortho intramolecular Hbond substituents is 1. The Labute approximate surface area is 182 Å².